The third-order valence-corrected chi connectivity index (χ3v) is 8.40. The molecule has 0 aliphatic carbocycles. The van der Waals surface area contributed by atoms with Crippen molar-refractivity contribution in [3.8, 4) is 0 Å². The zero-order valence-electron chi connectivity index (χ0n) is 15.4. The maximum Gasteiger partial charge on any atom is 0.292 e. The number of benzene rings is 2. The molecule has 8 heteroatoms. The maximum atomic E-state index is 12.3. The van der Waals surface area contributed by atoms with Crippen LogP contribution in [0.4, 0.5) is 9.59 Å². The van der Waals surface area contributed by atoms with E-state index >= 15 is 0 Å². The molecule has 3 rings (SSSR count). The third-order valence-electron chi connectivity index (χ3n) is 4.19. The Morgan fingerprint density at radius 2 is 1.00 bits per heavy atom. The van der Waals surface area contributed by atoms with Crippen molar-refractivity contribution in [3.63, 3.8) is 0 Å². The monoisotopic (exact) mass is 450 g/mol. The highest BCUT2D eigenvalue weighted by atomic mass is 33.1. The predicted molar refractivity (Wildman–Crippen MR) is 125 cm³/mol. The van der Waals surface area contributed by atoms with Gasteiger partial charge in [-0.3, -0.25) is 9.59 Å². The van der Waals surface area contributed by atoms with Crippen molar-refractivity contribution < 1.29 is 9.59 Å². The Hall–Kier alpha value is -1.22. The van der Waals surface area contributed by atoms with Crippen LogP contribution in [-0.4, -0.2) is 46.5 Å². The Bertz CT molecular complexity index is 688. The topological polar surface area (TPSA) is 40.6 Å². The Morgan fingerprint density at radius 3 is 1.36 bits per heavy atom. The molecule has 28 heavy (non-hydrogen) atoms. The zero-order valence-corrected chi connectivity index (χ0v) is 18.6. The molecule has 0 bridgehead atoms. The van der Waals surface area contributed by atoms with Gasteiger partial charge in [0.1, 0.15) is 0 Å². The summed E-state index contributed by atoms with van der Waals surface area (Å²) in [6, 6.07) is 20.3. The number of hydrogen-bond donors (Lipinski definition) is 0. The van der Waals surface area contributed by atoms with Crippen LogP contribution in [0, 0.1) is 0 Å². The van der Waals surface area contributed by atoms with E-state index in [4.69, 9.17) is 0 Å². The van der Waals surface area contributed by atoms with E-state index in [2.05, 4.69) is 24.3 Å². The summed E-state index contributed by atoms with van der Waals surface area (Å²) in [7, 11) is 5.70. The molecule has 148 valence electrons. The minimum absolute atomic E-state index is 0.0825. The highest BCUT2D eigenvalue weighted by molar-refractivity contribution is 8.82. The van der Waals surface area contributed by atoms with Gasteiger partial charge in [0.25, 0.3) is 10.5 Å². The lowest BCUT2D eigenvalue weighted by molar-refractivity contribution is 0.168. The van der Waals surface area contributed by atoms with Crippen LogP contribution >= 0.6 is 43.2 Å². The maximum absolute atomic E-state index is 12.3. The first kappa shape index (κ1) is 21.5. The van der Waals surface area contributed by atoms with Gasteiger partial charge >= 0.3 is 0 Å². The van der Waals surface area contributed by atoms with Crippen molar-refractivity contribution in [1.29, 1.82) is 0 Å². The van der Waals surface area contributed by atoms with Crippen LogP contribution in [0.3, 0.4) is 0 Å². The first-order valence-electron chi connectivity index (χ1n) is 8.97. The Labute approximate surface area is 182 Å². The van der Waals surface area contributed by atoms with Crippen LogP contribution in [0.2, 0.25) is 0 Å². The van der Waals surface area contributed by atoms with E-state index < -0.39 is 0 Å². The second kappa shape index (κ2) is 11.7. The van der Waals surface area contributed by atoms with E-state index in [0.717, 1.165) is 11.5 Å². The molecule has 1 heterocycles. The van der Waals surface area contributed by atoms with E-state index in [9.17, 15) is 9.59 Å². The normalized spacial score (nSPS) is 14.1. The standard InChI is InChI=1S/C20H22N2O2S4/c23-19(27-25-15-17-7-3-1-4-8-17)21-11-13-22(14-12-21)20(24)28-26-16-18-9-5-2-6-10-18/h1-10H,11-16H2. The second-order valence-corrected chi connectivity index (χ2v) is 10.7. The number of piperazine rings is 1. The molecule has 0 N–H and O–H groups in total. The summed E-state index contributed by atoms with van der Waals surface area (Å²) >= 11 is 0. The van der Waals surface area contributed by atoms with Crippen LogP contribution in [0.15, 0.2) is 60.7 Å². The lowest BCUT2D eigenvalue weighted by atomic mass is 10.2. The summed E-state index contributed by atoms with van der Waals surface area (Å²) < 4.78 is 0. The molecule has 1 aliphatic heterocycles. The van der Waals surface area contributed by atoms with Crippen molar-refractivity contribution in [2.45, 2.75) is 11.5 Å². The highest BCUT2D eigenvalue weighted by Crippen LogP contribution is 2.31. The fourth-order valence-corrected chi connectivity index (χ4v) is 6.58. The molecule has 0 saturated carbocycles. The third kappa shape index (κ3) is 6.99. The van der Waals surface area contributed by atoms with Crippen LogP contribution in [0.1, 0.15) is 11.1 Å². The molecule has 0 unspecified atom stereocenters. The summed E-state index contributed by atoms with van der Waals surface area (Å²) in [6.07, 6.45) is 0. The first-order valence-corrected chi connectivity index (χ1v) is 13.6. The summed E-state index contributed by atoms with van der Waals surface area (Å²) in [5.74, 6) is 1.62. The molecular formula is C20H22N2O2S4. The zero-order chi connectivity index (χ0) is 19.6. The summed E-state index contributed by atoms with van der Waals surface area (Å²) in [4.78, 5) is 28.4. The van der Waals surface area contributed by atoms with Crippen molar-refractivity contribution in [2.75, 3.05) is 26.2 Å². The van der Waals surface area contributed by atoms with Crippen LogP contribution in [0.5, 0.6) is 0 Å². The molecule has 4 nitrogen and oxygen atoms in total. The van der Waals surface area contributed by atoms with Gasteiger partial charge in [0, 0.05) is 59.3 Å². The number of amides is 2. The van der Waals surface area contributed by atoms with Gasteiger partial charge in [-0.1, -0.05) is 82.3 Å². The van der Waals surface area contributed by atoms with Crippen LogP contribution < -0.4 is 0 Å². The van der Waals surface area contributed by atoms with Gasteiger partial charge < -0.3 is 9.80 Å². The fraction of sp³-hybridized carbons (Fsp3) is 0.300. The number of hydrogen-bond acceptors (Lipinski definition) is 6. The summed E-state index contributed by atoms with van der Waals surface area (Å²) in [5, 5.41) is 0.165. The quantitative estimate of drug-likeness (QED) is 0.502. The van der Waals surface area contributed by atoms with E-state index in [1.807, 2.05) is 46.2 Å². The summed E-state index contributed by atoms with van der Waals surface area (Å²) in [5.41, 5.74) is 2.43. The molecule has 1 saturated heterocycles. The first-order chi connectivity index (χ1) is 13.7. The minimum atomic E-state index is 0.0825. The van der Waals surface area contributed by atoms with Gasteiger partial charge in [0.2, 0.25) is 0 Å². The largest absolute Gasteiger partial charge is 0.329 e. The molecule has 2 aromatic rings. The second-order valence-electron chi connectivity index (χ2n) is 6.17. The fourth-order valence-electron chi connectivity index (χ4n) is 2.62. The molecule has 2 aromatic carbocycles. The number of rotatable bonds is 6. The van der Waals surface area contributed by atoms with E-state index in [1.165, 1.54) is 32.7 Å². The molecule has 1 aliphatic rings. The number of nitrogens with zero attached hydrogens (tertiary/aromatic N) is 2. The van der Waals surface area contributed by atoms with Crippen molar-refractivity contribution in [2.24, 2.45) is 0 Å². The average Bonchev–Trinajstić information content (AvgIpc) is 2.75. The van der Waals surface area contributed by atoms with E-state index in [0.29, 0.717) is 26.2 Å². The smallest absolute Gasteiger partial charge is 0.292 e. The number of carbonyl (C=O) groups excluding carboxylic acids is 2. The van der Waals surface area contributed by atoms with Gasteiger partial charge in [-0.2, -0.15) is 0 Å². The molecule has 1 fully saturated rings. The lowest BCUT2D eigenvalue weighted by Crippen LogP contribution is -2.48. The van der Waals surface area contributed by atoms with E-state index in [-0.39, 0.29) is 10.5 Å². The Balaban J connectivity index is 1.32. The van der Waals surface area contributed by atoms with Crippen molar-refractivity contribution >= 4 is 53.7 Å². The van der Waals surface area contributed by atoms with Crippen molar-refractivity contribution in [3.05, 3.63) is 71.8 Å². The highest BCUT2D eigenvalue weighted by Gasteiger charge is 2.24. The van der Waals surface area contributed by atoms with Gasteiger partial charge in [-0.05, 0) is 11.1 Å². The van der Waals surface area contributed by atoms with Crippen LogP contribution in [0.25, 0.3) is 0 Å². The number of carbonyl (C=O) groups is 2. The van der Waals surface area contributed by atoms with E-state index in [1.54, 1.807) is 21.6 Å². The molecular weight excluding hydrogens is 429 g/mol. The van der Waals surface area contributed by atoms with Gasteiger partial charge in [0.15, 0.2) is 0 Å². The van der Waals surface area contributed by atoms with Gasteiger partial charge in [0.05, 0.1) is 0 Å². The average molecular weight is 451 g/mol. The SMILES string of the molecule is O=C(SSCc1ccccc1)N1CCN(C(=O)SSCc2ccccc2)CC1. The molecule has 0 spiro atoms. The van der Waals surface area contributed by atoms with Gasteiger partial charge in [-0.25, -0.2) is 0 Å². The molecule has 0 atom stereocenters. The molecule has 0 aromatic heterocycles. The lowest BCUT2D eigenvalue weighted by Gasteiger charge is -2.33. The molecule has 2 amide bonds. The predicted octanol–water partition coefficient (Wildman–Crippen LogP) is 6.01. The Kier molecular flexibility index (Phi) is 8.98. The van der Waals surface area contributed by atoms with Crippen LogP contribution in [-0.2, 0) is 11.5 Å². The minimum Gasteiger partial charge on any atom is -0.329 e. The summed E-state index contributed by atoms with van der Waals surface area (Å²) in [6.45, 7) is 2.42. The van der Waals surface area contributed by atoms with Crippen molar-refractivity contribution in [1.82, 2.24) is 9.80 Å². The molecule has 0 radical (unpaired) electrons. The van der Waals surface area contributed by atoms with Gasteiger partial charge in [-0.15, -0.1) is 0 Å². The Morgan fingerprint density at radius 1 is 0.643 bits per heavy atom.